The number of aromatic nitrogens is 2. The molecule has 106 valence electrons. The number of anilines is 1. The Morgan fingerprint density at radius 2 is 2.37 bits per heavy atom. The van der Waals surface area contributed by atoms with Gasteiger partial charge in [0.05, 0.1) is 37.2 Å². The van der Waals surface area contributed by atoms with Crippen LogP contribution in [0.3, 0.4) is 0 Å². The molecule has 1 fully saturated rings. The Hall–Kier alpha value is -1.11. The number of halogens is 1. The average Bonchev–Trinajstić information content (AvgIpc) is 2.38. The maximum atomic E-state index is 12.0. The van der Waals surface area contributed by atoms with Crippen molar-refractivity contribution in [3.8, 4) is 0 Å². The SMILES string of the molecule is COCCn1ncc(NC2(CO)CCC2)c(Cl)c1=O. The van der Waals surface area contributed by atoms with E-state index in [0.717, 1.165) is 19.3 Å². The Balaban J connectivity index is 2.19. The predicted octanol–water partition coefficient (Wildman–Crippen LogP) is 0.870. The molecule has 1 aromatic heterocycles. The summed E-state index contributed by atoms with van der Waals surface area (Å²) in [6, 6.07) is 0. The third kappa shape index (κ3) is 2.91. The van der Waals surface area contributed by atoms with Crippen LogP contribution < -0.4 is 10.9 Å². The molecule has 1 heterocycles. The lowest BCUT2D eigenvalue weighted by molar-refractivity contribution is 0.144. The number of ether oxygens (including phenoxy) is 1. The van der Waals surface area contributed by atoms with Crippen LogP contribution in [0.15, 0.2) is 11.0 Å². The Kier molecular flexibility index (Phi) is 4.44. The highest BCUT2D eigenvalue weighted by Gasteiger charge is 2.36. The van der Waals surface area contributed by atoms with Gasteiger partial charge in [0.2, 0.25) is 0 Å². The number of hydrogen-bond donors (Lipinski definition) is 2. The lowest BCUT2D eigenvalue weighted by Crippen LogP contribution is -2.48. The zero-order valence-electron chi connectivity index (χ0n) is 10.9. The number of methoxy groups -OCH3 is 1. The second kappa shape index (κ2) is 5.90. The zero-order chi connectivity index (χ0) is 13.9. The first-order valence-corrected chi connectivity index (χ1v) is 6.63. The van der Waals surface area contributed by atoms with Gasteiger partial charge in [-0.2, -0.15) is 5.10 Å². The van der Waals surface area contributed by atoms with Crippen molar-refractivity contribution < 1.29 is 9.84 Å². The van der Waals surface area contributed by atoms with Crippen molar-refractivity contribution in [3.05, 3.63) is 21.6 Å². The van der Waals surface area contributed by atoms with E-state index >= 15 is 0 Å². The molecule has 1 saturated carbocycles. The molecule has 1 aliphatic carbocycles. The number of hydrogen-bond acceptors (Lipinski definition) is 5. The first-order chi connectivity index (χ1) is 9.12. The van der Waals surface area contributed by atoms with Gasteiger partial charge in [0, 0.05) is 7.11 Å². The fraction of sp³-hybridized carbons (Fsp3) is 0.667. The van der Waals surface area contributed by atoms with Gasteiger partial charge in [-0.3, -0.25) is 4.79 Å². The van der Waals surface area contributed by atoms with Crippen molar-refractivity contribution in [3.63, 3.8) is 0 Å². The fourth-order valence-electron chi connectivity index (χ4n) is 2.10. The molecule has 0 radical (unpaired) electrons. The molecule has 2 rings (SSSR count). The first kappa shape index (κ1) is 14.3. The second-order valence-electron chi connectivity index (χ2n) is 4.81. The smallest absolute Gasteiger partial charge is 0.287 e. The van der Waals surface area contributed by atoms with Crippen LogP contribution in [0, 0.1) is 0 Å². The van der Waals surface area contributed by atoms with Gasteiger partial charge >= 0.3 is 0 Å². The molecule has 0 saturated heterocycles. The molecular formula is C12H18ClN3O3. The number of aliphatic hydroxyl groups excluding tert-OH is 1. The van der Waals surface area contributed by atoms with Gasteiger partial charge in [0.25, 0.3) is 5.56 Å². The number of nitrogens with zero attached hydrogens (tertiary/aromatic N) is 2. The second-order valence-corrected chi connectivity index (χ2v) is 5.19. The first-order valence-electron chi connectivity index (χ1n) is 6.25. The van der Waals surface area contributed by atoms with Gasteiger partial charge in [-0.15, -0.1) is 0 Å². The quantitative estimate of drug-likeness (QED) is 0.812. The van der Waals surface area contributed by atoms with Crippen LogP contribution in [-0.4, -0.2) is 40.7 Å². The van der Waals surface area contributed by atoms with E-state index in [1.165, 1.54) is 10.9 Å². The summed E-state index contributed by atoms with van der Waals surface area (Å²) < 4.78 is 6.17. The normalized spacial score (nSPS) is 17.0. The van der Waals surface area contributed by atoms with E-state index in [0.29, 0.717) is 18.8 Å². The molecule has 0 unspecified atom stereocenters. The summed E-state index contributed by atoms with van der Waals surface area (Å²) in [5.74, 6) is 0. The van der Waals surface area contributed by atoms with E-state index in [1.54, 1.807) is 7.11 Å². The minimum absolute atomic E-state index is 0.0239. The molecule has 0 spiro atoms. The predicted molar refractivity (Wildman–Crippen MR) is 72.7 cm³/mol. The molecule has 1 aliphatic rings. The van der Waals surface area contributed by atoms with E-state index in [4.69, 9.17) is 16.3 Å². The van der Waals surface area contributed by atoms with Crippen LogP contribution in [0.4, 0.5) is 5.69 Å². The standard InChI is InChI=1S/C12H18ClN3O3/c1-19-6-5-16-11(18)10(13)9(7-14-16)15-12(8-17)3-2-4-12/h7,15,17H,2-6,8H2,1H3. The molecule has 7 heteroatoms. The van der Waals surface area contributed by atoms with Crippen LogP contribution in [0.2, 0.25) is 5.02 Å². The van der Waals surface area contributed by atoms with E-state index in [-0.39, 0.29) is 22.7 Å². The molecule has 19 heavy (non-hydrogen) atoms. The summed E-state index contributed by atoms with van der Waals surface area (Å²) >= 11 is 6.06. The Labute approximate surface area is 116 Å². The molecule has 1 aromatic rings. The molecule has 6 nitrogen and oxygen atoms in total. The van der Waals surface area contributed by atoms with Gasteiger partial charge in [0.1, 0.15) is 5.02 Å². The molecule has 0 atom stereocenters. The van der Waals surface area contributed by atoms with Gasteiger partial charge < -0.3 is 15.2 Å². The molecular weight excluding hydrogens is 270 g/mol. The van der Waals surface area contributed by atoms with Crippen molar-refractivity contribution in [1.82, 2.24) is 9.78 Å². The van der Waals surface area contributed by atoms with E-state index in [1.807, 2.05) is 0 Å². The fourth-order valence-corrected chi connectivity index (χ4v) is 2.29. The Morgan fingerprint density at radius 1 is 1.63 bits per heavy atom. The third-order valence-corrected chi connectivity index (χ3v) is 3.87. The Morgan fingerprint density at radius 3 is 2.89 bits per heavy atom. The van der Waals surface area contributed by atoms with Gasteiger partial charge in [-0.05, 0) is 19.3 Å². The summed E-state index contributed by atoms with van der Waals surface area (Å²) in [6.07, 6.45) is 4.32. The summed E-state index contributed by atoms with van der Waals surface area (Å²) in [6.45, 7) is 0.785. The van der Waals surface area contributed by atoms with Gasteiger partial charge in [-0.25, -0.2) is 4.68 Å². The molecule has 2 N–H and O–H groups in total. The minimum atomic E-state index is -0.351. The van der Waals surface area contributed by atoms with E-state index < -0.39 is 0 Å². The van der Waals surface area contributed by atoms with Crippen molar-refractivity contribution >= 4 is 17.3 Å². The Bertz CT molecular complexity index is 494. The maximum Gasteiger partial charge on any atom is 0.287 e. The average molecular weight is 288 g/mol. The minimum Gasteiger partial charge on any atom is -0.394 e. The zero-order valence-corrected chi connectivity index (χ0v) is 11.6. The monoisotopic (exact) mass is 287 g/mol. The summed E-state index contributed by atoms with van der Waals surface area (Å²) in [5, 5.41) is 16.7. The molecule has 0 amide bonds. The van der Waals surface area contributed by atoms with Gasteiger partial charge in [-0.1, -0.05) is 11.6 Å². The largest absolute Gasteiger partial charge is 0.394 e. The van der Waals surface area contributed by atoms with Crippen LogP contribution >= 0.6 is 11.6 Å². The molecule has 0 aliphatic heterocycles. The lowest BCUT2D eigenvalue weighted by atomic mass is 9.77. The molecule has 0 bridgehead atoms. The van der Waals surface area contributed by atoms with Crippen LogP contribution in [0.5, 0.6) is 0 Å². The van der Waals surface area contributed by atoms with Crippen molar-refractivity contribution in [2.24, 2.45) is 0 Å². The topological polar surface area (TPSA) is 76.4 Å². The number of aliphatic hydroxyl groups is 1. The number of rotatable bonds is 6. The van der Waals surface area contributed by atoms with Crippen LogP contribution in [0.25, 0.3) is 0 Å². The van der Waals surface area contributed by atoms with Crippen LogP contribution in [0.1, 0.15) is 19.3 Å². The van der Waals surface area contributed by atoms with Gasteiger partial charge in [0.15, 0.2) is 0 Å². The van der Waals surface area contributed by atoms with Crippen molar-refractivity contribution in [2.75, 3.05) is 25.6 Å². The van der Waals surface area contributed by atoms with E-state index in [2.05, 4.69) is 10.4 Å². The highest BCUT2D eigenvalue weighted by molar-refractivity contribution is 6.32. The van der Waals surface area contributed by atoms with Crippen molar-refractivity contribution in [2.45, 2.75) is 31.3 Å². The highest BCUT2D eigenvalue weighted by atomic mass is 35.5. The summed E-state index contributed by atoms with van der Waals surface area (Å²) in [4.78, 5) is 12.0. The van der Waals surface area contributed by atoms with E-state index in [9.17, 15) is 9.90 Å². The highest BCUT2D eigenvalue weighted by Crippen LogP contribution is 2.35. The lowest BCUT2D eigenvalue weighted by Gasteiger charge is -2.41. The maximum absolute atomic E-state index is 12.0. The summed E-state index contributed by atoms with van der Waals surface area (Å²) in [7, 11) is 1.56. The third-order valence-electron chi connectivity index (χ3n) is 3.51. The molecule has 0 aromatic carbocycles. The van der Waals surface area contributed by atoms with Crippen LogP contribution in [-0.2, 0) is 11.3 Å². The number of nitrogens with one attached hydrogen (secondary N) is 1. The van der Waals surface area contributed by atoms with Crippen molar-refractivity contribution in [1.29, 1.82) is 0 Å². The summed E-state index contributed by atoms with van der Waals surface area (Å²) in [5.41, 5.74) is -0.221.